The fourth-order valence-electron chi connectivity index (χ4n) is 2.93. The van der Waals surface area contributed by atoms with Crippen molar-refractivity contribution in [2.75, 3.05) is 18.8 Å². The van der Waals surface area contributed by atoms with E-state index in [2.05, 4.69) is 4.98 Å². The van der Waals surface area contributed by atoms with Gasteiger partial charge in [-0.2, -0.15) is 9.57 Å². The van der Waals surface area contributed by atoms with Gasteiger partial charge in [0.2, 0.25) is 10.0 Å². The van der Waals surface area contributed by atoms with E-state index in [1.807, 2.05) is 0 Å². The quantitative estimate of drug-likeness (QED) is 0.428. The summed E-state index contributed by atoms with van der Waals surface area (Å²) in [6, 6.07) is 6.34. The molecule has 0 bridgehead atoms. The molecule has 1 aromatic heterocycles. The third-order valence-electron chi connectivity index (χ3n) is 4.40. The second-order valence-electron chi connectivity index (χ2n) is 6.46. The molecule has 0 atom stereocenters. The van der Waals surface area contributed by atoms with Crippen LogP contribution in [0.25, 0.3) is 11.1 Å². The van der Waals surface area contributed by atoms with Crippen LogP contribution in [0, 0.1) is 11.3 Å². The molecule has 1 aliphatic heterocycles. The van der Waals surface area contributed by atoms with Crippen LogP contribution >= 0.6 is 11.8 Å². The van der Waals surface area contributed by atoms with Crippen LogP contribution in [0.15, 0.2) is 44.0 Å². The first-order valence-corrected chi connectivity index (χ1v) is 11.2. The van der Waals surface area contributed by atoms with Gasteiger partial charge in [0.25, 0.3) is 5.22 Å². The van der Waals surface area contributed by atoms with Gasteiger partial charge in [0.15, 0.2) is 11.4 Å². The molecule has 10 heteroatoms. The fourth-order valence-corrected chi connectivity index (χ4v) is 5.18. The van der Waals surface area contributed by atoms with Crippen LogP contribution in [0.1, 0.15) is 26.2 Å². The van der Waals surface area contributed by atoms with Crippen LogP contribution in [0.4, 0.5) is 0 Å². The summed E-state index contributed by atoms with van der Waals surface area (Å²) in [6.45, 7) is 2.54. The second kappa shape index (κ2) is 8.34. The van der Waals surface area contributed by atoms with E-state index < -0.39 is 15.8 Å². The van der Waals surface area contributed by atoms with Crippen molar-refractivity contribution in [3.8, 4) is 6.07 Å². The van der Waals surface area contributed by atoms with Crippen molar-refractivity contribution in [3.63, 3.8) is 0 Å². The molecule has 1 saturated heterocycles. The molecule has 148 valence electrons. The van der Waals surface area contributed by atoms with E-state index in [-0.39, 0.29) is 27.1 Å². The number of carbonyl (C=O) groups excluding carboxylic acids is 1. The zero-order valence-electron chi connectivity index (χ0n) is 15.3. The number of piperidine rings is 1. The SMILES string of the molecule is C/C(N)=C(\C#N)C(=O)CSc1nc2cc(S(=O)(=O)N3CCCCC3)ccc2o1. The van der Waals surface area contributed by atoms with Crippen molar-refractivity contribution < 1.29 is 17.6 Å². The number of hydrogen-bond donors (Lipinski definition) is 1. The maximum Gasteiger partial charge on any atom is 0.257 e. The standard InChI is InChI=1S/C18H20N4O4S2/c1-12(20)14(10-19)16(23)11-27-18-21-15-9-13(5-6-17(15)26-18)28(24,25)22-7-3-2-4-8-22/h5-6,9H,2-4,7-8,11,20H2,1H3/b14-12-. The Morgan fingerprint density at radius 1 is 1.36 bits per heavy atom. The number of thioether (sulfide) groups is 1. The Hall–Kier alpha value is -2.35. The number of allylic oxidation sites excluding steroid dienone is 2. The summed E-state index contributed by atoms with van der Waals surface area (Å²) in [6.07, 6.45) is 2.77. The van der Waals surface area contributed by atoms with E-state index in [1.165, 1.54) is 23.4 Å². The summed E-state index contributed by atoms with van der Waals surface area (Å²) >= 11 is 1.03. The van der Waals surface area contributed by atoms with E-state index in [0.717, 1.165) is 31.0 Å². The molecule has 2 N–H and O–H groups in total. The average molecular weight is 421 g/mol. The zero-order valence-corrected chi connectivity index (χ0v) is 17.0. The minimum Gasteiger partial charge on any atom is -0.431 e. The van der Waals surface area contributed by atoms with Gasteiger partial charge in [-0.05, 0) is 38.0 Å². The topological polar surface area (TPSA) is 130 Å². The van der Waals surface area contributed by atoms with Gasteiger partial charge < -0.3 is 10.2 Å². The van der Waals surface area contributed by atoms with Crippen LogP contribution in [-0.2, 0) is 14.8 Å². The summed E-state index contributed by atoms with van der Waals surface area (Å²) in [4.78, 5) is 16.5. The first kappa shape index (κ1) is 20.4. The van der Waals surface area contributed by atoms with Crippen LogP contribution < -0.4 is 5.73 Å². The molecular formula is C18H20N4O4S2. The lowest BCUT2D eigenvalue weighted by atomic mass is 10.2. The molecule has 0 saturated carbocycles. The molecule has 1 aliphatic rings. The van der Waals surface area contributed by atoms with E-state index in [1.54, 1.807) is 12.1 Å². The number of nitrogens with zero attached hydrogens (tertiary/aromatic N) is 3. The summed E-state index contributed by atoms with van der Waals surface area (Å²) < 4.78 is 32.7. The van der Waals surface area contributed by atoms with Crippen molar-refractivity contribution in [2.45, 2.75) is 36.3 Å². The van der Waals surface area contributed by atoms with Crippen molar-refractivity contribution in [2.24, 2.45) is 5.73 Å². The van der Waals surface area contributed by atoms with Crippen molar-refractivity contribution in [3.05, 3.63) is 29.5 Å². The molecule has 3 rings (SSSR count). The summed E-state index contributed by atoms with van der Waals surface area (Å²) in [5.74, 6) is -0.466. The molecule has 8 nitrogen and oxygen atoms in total. The highest BCUT2D eigenvalue weighted by Crippen LogP contribution is 2.28. The molecular weight excluding hydrogens is 400 g/mol. The third kappa shape index (κ3) is 4.22. The Kier molecular flexibility index (Phi) is 6.07. The normalized spacial score (nSPS) is 16.6. The molecule has 0 amide bonds. The molecule has 0 unspecified atom stereocenters. The van der Waals surface area contributed by atoms with Gasteiger partial charge in [-0.25, -0.2) is 13.4 Å². The molecule has 2 heterocycles. The first-order valence-electron chi connectivity index (χ1n) is 8.76. The van der Waals surface area contributed by atoms with Crippen LogP contribution in [0.5, 0.6) is 0 Å². The molecule has 0 spiro atoms. The Morgan fingerprint density at radius 2 is 2.07 bits per heavy atom. The number of rotatable bonds is 6. The summed E-state index contributed by atoms with van der Waals surface area (Å²) in [5, 5.41) is 9.20. The van der Waals surface area contributed by atoms with E-state index in [9.17, 15) is 13.2 Å². The van der Waals surface area contributed by atoms with Crippen LogP contribution in [0.2, 0.25) is 0 Å². The number of hydrogen-bond acceptors (Lipinski definition) is 8. The maximum atomic E-state index is 12.8. The Morgan fingerprint density at radius 3 is 2.71 bits per heavy atom. The van der Waals surface area contributed by atoms with Crippen LogP contribution in [-0.4, -0.2) is 42.3 Å². The van der Waals surface area contributed by atoms with Gasteiger partial charge in [0, 0.05) is 18.8 Å². The zero-order chi connectivity index (χ0) is 20.3. The van der Waals surface area contributed by atoms with E-state index in [0.29, 0.717) is 24.2 Å². The monoisotopic (exact) mass is 420 g/mol. The number of ketones is 1. The Balaban J connectivity index is 1.79. The number of fused-ring (bicyclic) bond motifs is 1. The molecule has 2 aromatic rings. The van der Waals surface area contributed by atoms with Gasteiger partial charge in [0.1, 0.15) is 17.2 Å². The number of benzene rings is 1. The molecule has 0 radical (unpaired) electrons. The number of aromatic nitrogens is 1. The van der Waals surface area contributed by atoms with Crippen LogP contribution in [0.3, 0.4) is 0 Å². The molecule has 1 aromatic carbocycles. The number of carbonyl (C=O) groups is 1. The van der Waals surface area contributed by atoms with Gasteiger partial charge in [-0.1, -0.05) is 18.2 Å². The van der Waals surface area contributed by atoms with E-state index in [4.69, 9.17) is 15.4 Å². The number of oxazole rings is 1. The lowest BCUT2D eigenvalue weighted by molar-refractivity contribution is -0.112. The van der Waals surface area contributed by atoms with Gasteiger partial charge in [-0.3, -0.25) is 4.79 Å². The highest BCUT2D eigenvalue weighted by Gasteiger charge is 2.26. The largest absolute Gasteiger partial charge is 0.431 e. The number of nitriles is 1. The van der Waals surface area contributed by atoms with E-state index >= 15 is 0 Å². The van der Waals surface area contributed by atoms with Gasteiger partial charge >= 0.3 is 0 Å². The number of Topliss-reactive ketones (excluding diaryl/α,β-unsaturated/α-hetero) is 1. The number of sulfonamides is 1. The minimum atomic E-state index is -3.56. The minimum absolute atomic E-state index is 0.0524. The second-order valence-corrected chi connectivity index (χ2v) is 9.32. The maximum absolute atomic E-state index is 12.8. The summed E-state index contributed by atoms with van der Waals surface area (Å²) in [7, 11) is -3.56. The smallest absolute Gasteiger partial charge is 0.257 e. The molecule has 0 aliphatic carbocycles. The van der Waals surface area contributed by atoms with Crippen molar-refractivity contribution in [1.29, 1.82) is 5.26 Å². The highest BCUT2D eigenvalue weighted by atomic mass is 32.2. The molecule has 28 heavy (non-hydrogen) atoms. The highest BCUT2D eigenvalue weighted by molar-refractivity contribution is 7.99. The predicted octanol–water partition coefficient (Wildman–Crippen LogP) is 2.42. The van der Waals surface area contributed by atoms with Crippen molar-refractivity contribution in [1.82, 2.24) is 9.29 Å². The fraction of sp³-hybridized carbons (Fsp3) is 0.389. The lowest BCUT2D eigenvalue weighted by Gasteiger charge is -2.25. The predicted molar refractivity (Wildman–Crippen MR) is 105 cm³/mol. The third-order valence-corrected chi connectivity index (χ3v) is 7.13. The number of nitrogens with two attached hydrogens (primary N) is 1. The van der Waals surface area contributed by atoms with Gasteiger partial charge in [0.05, 0.1) is 10.6 Å². The molecule has 1 fully saturated rings. The lowest BCUT2D eigenvalue weighted by Crippen LogP contribution is -2.35. The average Bonchev–Trinajstić information content (AvgIpc) is 3.09. The summed E-state index contributed by atoms with van der Waals surface area (Å²) in [5.41, 5.74) is 6.44. The Labute approximate surface area is 167 Å². The van der Waals surface area contributed by atoms with Crippen molar-refractivity contribution >= 4 is 38.7 Å². The van der Waals surface area contributed by atoms with Gasteiger partial charge in [-0.15, -0.1) is 0 Å². The first-order chi connectivity index (χ1) is 13.3. The Bertz CT molecular complexity index is 1070.